The van der Waals surface area contributed by atoms with Crippen LogP contribution in [-0.2, 0) is 16.8 Å². The molecule has 138 valence electrons. The molecule has 0 fully saturated rings. The number of nitrogens with one attached hydrogen (secondary N) is 1. The molecule has 1 aliphatic heterocycles. The molecule has 0 saturated carbocycles. The van der Waals surface area contributed by atoms with Crippen molar-refractivity contribution in [3.63, 3.8) is 0 Å². The Hall–Kier alpha value is -3.05. The molecule has 5 nitrogen and oxygen atoms in total. The van der Waals surface area contributed by atoms with Crippen LogP contribution in [0, 0.1) is 0 Å². The van der Waals surface area contributed by atoms with Gasteiger partial charge in [-0.2, -0.15) is 0 Å². The van der Waals surface area contributed by atoms with Crippen LogP contribution >= 0.6 is 0 Å². The molecule has 1 atom stereocenters. The Kier molecular flexibility index (Phi) is 4.46. The third-order valence-corrected chi connectivity index (χ3v) is 4.86. The third-order valence-electron chi connectivity index (χ3n) is 4.86. The zero-order chi connectivity index (χ0) is 18.9. The zero-order valence-corrected chi connectivity index (χ0v) is 15.1. The molecule has 1 heterocycles. The predicted octanol–water partition coefficient (Wildman–Crippen LogP) is 3.13. The van der Waals surface area contributed by atoms with Crippen LogP contribution in [0.2, 0.25) is 0 Å². The topological polar surface area (TPSA) is 67.8 Å². The Balaban J connectivity index is 1.44. The van der Waals surface area contributed by atoms with Gasteiger partial charge in [-0.15, -0.1) is 0 Å². The van der Waals surface area contributed by atoms with Gasteiger partial charge in [0.05, 0.1) is 13.0 Å². The molecule has 3 aromatic carbocycles. The molecule has 4 rings (SSSR count). The van der Waals surface area contributed by atoms with E-state index in [2.05, 4.69) is 5.32 Å². The minimum Gasteiger partial charge on any atom is -0.454 e. The number of hydrogen-bond donors (Lipinski definition) is 2. The number of ether oxygens (including phenoxy) is 2. The minimum absolute atomic E-state index is 0.107. The van der Waals surface area contributed by atoms with E-state index >= 15 is 0 Å². The number of benzene rings is 3. The van der Waals surface area contributed by atoms with E-state index in [0.29, 0.717) is 17.1 Å². The van der Waals surface area contributed by atoms with E-state index in [0.717, 1.165) is 16.3 Å². The fourth-order valence-electron chi connectivity index (χ4n) is 3.29. The summed E-state index contributed by atoms with van der Waals surface area (Å²) in [5, 5.41) is 15.8. The summed E-state index contributed by atoms with van der Waals surface area (Å²) in [5.41, 5.74) is 0.417. The monoisotopic (exact) mass is 363 g/mol. The van der Waals surface area contributed by atoms with Crippen molar-refractivity contribution in [3.8, 4) is 11.5 Å². The van der Waals surface area contributed by atoms with E-state index in [4.69, 9.17) is 9.47 Å². The van der Waals surface area contributed by atoms with Gasteiger partial charge in [-0.25, -0.2) is 0 Å². The second kappa shape index (κ2) is 6.93. The number of fused-ring (bicyclic) bond motifs is 2. The highest BCUT2D eigenvalue weighted by Crippen LogP contribution is 2.35. The van der Waals surface area contributed by atoms with E-state index in [1.165, 1.54) is 0 Å². The molecule has 0 aromatic heterocycles. The van der Waals surface area contributed by atoms with Gasteiger partial charge in [0.25, 0.3) is 0 Å². The summed E-state index contributed by atoms with van der Waals surface area (Å²) in [6.07, 6.45) is 0.262. The first-order valence-electron chi connectivity index (χ1n) is 8.89. The largest absolute Gasteiger partial charge is 0.454 e. The smallest absolute Gasteiger partial charge is 0.231 e. The average Bonchev–Trinajstić information content (AvgIpc) is 3.15. The second-order valence-electron chi connectivity index (χ2n) is 6.93. The Morgan fingerprint density at radius 3 is 2.74 bits per heavy atom. The number of amides is 1. The fourth-order valence-corrected chi connectivity index (χ4v) is 3.29. The lowest BCUT2D eigenvalue weighted by molar-refractivity contribution is -0.121. The highest BCUT2D eigenvalue weighted by Gasteiger charge is 2.26. The Bertz CT molecular complexity index is 991. The van der Waals surface area contributed by atoms with E-state index in [1.54, 1.807) is 25.1 Å². The molecule has 3 aromatic rings. The van der Waals surface area contributed by atoms with Gasteiger partial charge < -0.3 is 19.9 Å². The van der Waals surface area contributed by atoms with Crippen LogP contribution in [-0.4, -0.2) is 24.4 Å². The first-order valence-corrected chi connectivity index (χ1v) is 8.89. The van der Waals surface area contributed by atoms with Crippen molar-refractivity contribution in [1.29, 1.82) is 0 Å². The van der Waals surface area contributed by atoms with E-state index in [9.17, 15) is 9.90 Å². The molecule has 0 aliphatic carbocycles. The summed E-state index contributed by atoms with van der Waals surface area (Å²) in [4.78, 5) is 12.5. The maximum absolute atomic E-state index is 12.5. The molecule has 5 heteroatoms. The van der Waals surface area contributed by atoms with Gasteiger partial charge in [0.1, 0.15) is 5.60 Å². The van der Waals surface area contributed by atoms with Gasteiger partial charge in [-0.3, -0.25) is 4.79 Å². The van der Waals surface area contributed by atoms with Crippen molar-refractivity contribution in [2.45, 2.75) is 18.9 Å². The normalized spacial score (nSPS) is 14.7. The molecule has 1 aliphatic rings. The lowest BCUT2D eigenvalue weighted by Gasteiger charge is -2.24. The van der Waals surface area contributed by atoms with Crippen molar-refractivity contribution in [2.75, 3.05) is 13.3 Å². The average molecular weight is 363 g/mol. The Morgan fingerprint density at radius 1 is 1.07 bits per heavy atom. The van der Waals surface area contributed by atoms with Gasteiger partial charge in [0.15, 0.2) is 11.5 Å². The van der Waals surface area contributed by atoms with Crippen molar-refractivity contribution < 1.29 is 19.4 Å². The number of carbonyl (C=O) groups is 1. The molecule has 1 amide bonds. The maximum Gasteiger partial charge on any atom is 0.231 e. The lowest BCUT2D eigenvalue weighted by Crippen LogP contribution is -2.39. The fraction of sp³-hybridized carbons (Fsp3) is 0.227. The first kappa shape index (κ1) is 17.4. The maximum atomic E-state index is 12.5. The molecule has 0 bridgehead atoms. The van der Waals surface area contributed by atoms with Crippen molar-refractivity contribution >= 4 is 16.7 Å². The molecule has 27 heavy (non-hydrogen) atoms. The van der Waals surface area contributed by atoms with Gasteiger partial charge in [-0.05, 0) is 41.0 Å². The molecule has 0 spiro atoms. The van der Waals surface area contributed by atoms with Crippen LogP contribution in [0.5, 0.6) is 11.5 Å². The molecular formula is C22H21NO4. The van der Waals surface area contributed by atoms with Crippen LogP contribution in [0.4, 0.5) is 0 Å². The van der Waals surface area contributed by atoms with Gasteiger partial charge in [0.2, 0.25) is 12.7 Å². The van der Waals surface area contributed by atoms with Crippen molar-refractivity contribution in [1.82, 2.24) is 5.32 Å². The van der Waals surface area contributed by atoms with Crippen molar-refractivity contribution in [2.24, 2.45) is 0 Å². The third kappa shape index (κ3) is 3.59. The molecular weight excluding hydrogens is 342 g/mol. The van der Waals surface area contributed by atoms with E-state index < -0.39 is 5.60 Å². The summed E-state index contributed by atoms with van der Waals surface area (Å²) in [6.45, 7) is 1.96. The number of carbonyl (C=O) groups excluding carboxylic acids is 1. The summed E-state index contributed by atoms with van der Waals surface area (Å²) in [7, 11) is 0. The molecule has 0 radical (unpaired) electrons. The zero-order valence-electron chi connectivity index (χ0n) is 15.1. The lowest BCUT2D eigenvalue weighted by atomic mass is 9.95. The highest BCUT2D eigenvalue weighted by molar-refractivity contribution is 5.90. The standard InChI is InChI=1S/C22H21NO4/c1-22(25,17-9-10-19-20(12-17)27-14-26-19)13-23-21(24)11-16-7-4-6-15-5-2-3-8-18(15)16/h2-10,12,25H,11,13-14H2,1H3,(H,23,24)/t22-/m0/s1. The van der Waals surface area contributed by atoms with Crippen LogP contribution in [0.1, 0.15) is 18.1 Å². The van der Waals surface area contributed by atoms with E-state index in [-0.39, 0.29) is 25.7 Å². The summed E-state index contributed by atoms with van der Waals surface area (Å²) >= 11 is 0. The Morgan fingerprint density at radius 2 is 1.85 bits per heavy atom. The van der Waals surface area contributed by atoms with Crippen LogP contribution in [0.3, 0.4) is 0 Å². The van der Waals surface area contributed by atoms with Gasteiger partial charge >= 0.3 is 0 Å². The van der Waals surface area contributed by atoms with Crippen LogP contribution < -0.4 is 14.8 Å². The molecule has 0 unspecified atom stereocenters. The predicted molar refractivity (Wildman–Crippen MR) is 103 cm³/mol. The van der Waals surface area contributed by atoms with Crippen LogP contribution in [0.25, 0.3) is 10.8 Å². The molecule has 2 N–H and O–H groups in total. The van der Waals surface area contributed by atoms with Crippen LogP contribution in [0.15, 0.2) is 60.7 Å². The minimum atomic E-state index is -1.21. The van der Waals surface area contributed by atoms with Gasteiger partial charge in [-0.1, -0.05) is 48.5 Å². The van der Waals surface area contributed by atoms with E-state index in [1.807, 2.05) is 42.5 Å². The summed E-state index contributed by atoms with van der Waals surface area (Å²) < 4.78 is 10.7. The highest BCUT2D eigenvalue weighted by atomic mass is 16.7. The second-order valence-corrected chi connectivity index (χ2v) is 6.93. The first-order chi connectivity index (χ1) is 13.0. The molecule has 0 saturated heterocycles. The van der Waals surface area contributed by atoms with Gasteiger partial charge in [0, 0.05) is 0 Å². The number of rotatable bonds is 5. The van der Waals surface area contributed by atoms with Crippen molar-refractivity contribution in [3.05, 3.63) is 71.8 Å². The number of hydrogen-bond acceptors (Lipinski definition) is 4. The SMILES string of the molecule is C[C@](O)(CNC(=O)Cc1cccc2ccccc12)c1ccc2c(c1)OCO2. The summed E-state index contributed by atoms with van der Waals surface area (Å²) in [6, 6.07) is 19.2. The number of aliphatic hydroxyl groups is 1. The Labute approximate surface area is 157 Å². The summed E-state index contributed by atoms with van der Waals surface area (Å²) in [5.74, 6) is 1.14. The quantitative estimate of drug-likeness (QED) is 0.731.